The Morgan fingerprint density at radius 3 is 2.72 bits per heavy atom. The van der Waals surface area contributed by atoms with Gasteiger partial charge in [-0.1, -0.05) is 12.1 Å². The molecule has 4 saturated heterocycles. The maximum Gasteiger partial charge on any atom is 0.191 e. The van der Waals surface area contributed by atoms with E-state index in [0.717, 1.165) is 43.4 Å². The molecule has 4 fully saturated rings. The van der Waals surface area contributed by atoms with Gasteiger partial charge in [-0.25, -0.2) is 0 Å². The number of aliphatic imine (C=N–C) groups is 1. The van der Waals surface area contributed by atoms with Crippen LogP contribution in [0.4, 0.5) is 0 Å². The summed E-state index contributed by atoms with van der Waals surface area (Å²) in [6.45, 7) is 11.1. The molecule has 0 saturated carbocycles. The van der Waals surface area contributed by atoms with E-state index in [1.54, 1.807) is 0 Å². The molecule has 0 aromatic heterocycles. The molecule has 2 atom stereocenters. The van der Waals surface area contributed by atoms with Crippen molar-refractivity contribution in [1.82, 2.24) is 20.4 Å². The van der Waals surface area contributed by atoms with E-state index in [1.807, 2.05) is 7.05 Å². The lowest BCUT2D eigenvalue weighted by molar-refractivity contribution is 0.0154. The normalized spacial score (nSPS) is 28.7. The van der Waals surface area contributed by atoms with Gasteiger partial charge < -0.3 is 20.1 Å². The van der Waals surface area contributed by atoms with Crippen molar-refractivity contribution in [2.24, 2.45) is 4.99 Å². The van der Waals surface area contributed by atoms with Crippen LogP contribution in [0.2, 0.25) is 0 Å². The number of piperazine rings is 3. The summed E-state index contributed by atoms with van der Waals surface area (Å²) in [6, 6.07) is 6.96. The molecule has 1 aromatic carbocycles. The highest BCUT2D eigenvalue weighted by atomic mass is 127. The highest BCUT2D eigenvalue weighted by molar-refractivity contribution is 14.0. The standard InChI is InChI=1S/C21H33N5O2.HI/c1-16-3-4-17(20(11-16)28-19-5-10-27-15-19)12-23-21(22-2)24-13-18-14-25-6-8-26(18)9-7-25;/h3-4,11,18-19H,5-10,12-15H2,1-2H3,(H2,22,23,24);1H. The van der Waals surface area contributed by atoms with Gasteiger partial charge in [0, 0.05) is 70.9 Å². The van der Waals surface area contributed by atoms with Gasteiger partial charge in [-0.2, -0.15) is 0 Å². The summed E-state index contributed by atoms with van der Waals surface area (Å²) in [4.78, 5) is 9.56. The van der Waals surface area contributed by atoms with Gasteiger partial charge in [0.2, 0.25) is 0 Å². The Kier molecular flexibility index (Phi) is 8.40. The third kappa shape index (κ3) is 5.96. The van der Waals surface area contributed by atoms with Crippen LogP contribution in [0.15, 0.2) is 23.2 Å². The Hall–Kier alpha value is -1.10. The van der Waals surface area contributed by atoms with E-state index in [0.29, 0.717) is 19.2 Å². The number of hydrogen-bond donors (Lipinski definition) is 2. The van der Waals surface area contributed by atoms with Crippen molar-refractivity contribution in [3.8, 4) is 5.75 Å². The summed E-state index contributed by atoms with van der Waals surface area (Å²) in [5.74, 6) is 1.79. The Morgan fingerprint density at radius 1 is 1.24 bits per heavy atom. The number of fused-ring (bicyclic) bond motifs is 3. The maximum absolute atomic E-state index is 6.20. The molecule has 8 heteroatoms. The molecule has 2 bridgehead atoms. The number of ether oxygens (including phenoxy) is 2. The van der Waals surface area contributed by atoms with Gasteiger partial charge in [-0.05, 0) is 18.6 Å². The molecule has 29 heavy (non-hydrogen) atoms. The summed E-state index contributed by atoms with van der Waals surface area (Å²) in [6.07, 6.45) is 1.11. The number of halogens is 1. The fraction of sp³-hybridized carbons (Fsp3) is 0.667. The molecular formula is C21H34IN5O2. The van der Waals surface area contributed by atoms with Crippen LogP contribution in [-0.4, -0.2) is 87.4 Å². The molecule has 0 aliphatic carbocycles. The highest BCUT2D eigenvalue weighted by Crippen LogP contribution is 2.23. The second-order valence-electron chi connectivity index (χ2n) is 8.01. The van der Waals surface area contributed by atoms with Crippen molar-refractivity contribution >= 4 is 29.9 Å². The zero-order chi connectivity index (χ0) is 19.3. The molecule has 2 N–H and O–H groups in total. The maximum atomic E-state index is 6.20. The lowest BCUT2D eigenvalue weighted by atomic mass is 10.1. The average molecular weight is 515 g/mol. The van der Waals surface area contributed by atoms with E-state index in [2.05, 4.69) is 50.5 Å². The van der Waals surface area contributed by atoms with Crippen molar-refractivity contribution in [3.63, 3.8) is 0 Å². The number of nitrogens with one attached hydrogen (secondary N) is 2. The molecular weight excluding hydrogens is 481 g/mol. The first-order valence-electron chi connectivity index (χ1n) is 10.5. The van der Waals surface area contributed by atoms with E-state index < -0.39 is 0 Å². The van der Waals surface area contributed by atoms with Gasteiger partial charge >= 0.3 is 0 Å². The van der Waals surface area contributed by atoms with Crippen LogP contribution in [0.5, 0.6) is 5.75 Å². The summed E-state index contributed by atoms with van der Waals surface area (Å²) >= 11 is 0. The number of hydrogen-bond acceptors (Lipinski definition) is 5. The largest absolute Gasteiger partial charge is 0.488 e. The number of aryl methyl sites for hydroxylation is 1. The fourth-order valence-electron chi connectivity index (χ4n) is 4.24. The number of rotatable bonds is 6. The van der Waals surface area contributed by atoms with Crippen molar-refractivity contribution in [1.29, 1.82) is 0 Å². The van der Waals surface area contributed by atoms with E-state index in [4.69, 9.17) is 9.47 Å². The first-order chi connectivity index (χ1) is 13.7. The van der Waals surface area contributed by atoms with Crippen molar-refractivity contribution in [3.05, 3.63) is 29.3 Å². The molecule has 4 aliphatic rings. The van der Waals surface area contributed by atoms with Crippen LogP contribution in [0.1, 0.15) is 17.5 Å². The van der Waals surface area contributed by atoms with Gasteiger partial charge in [-0.15, -0.1) is 24.0 Å². The van der Waals surface area contributed by atoms with Crippen molar-refractivity contribution < 1.29 is 9.47 Å². The summed E-state index contributed by atoms with van der Waals surface area (Å²) in [5, 5.41) is 6.96. The molecule has 162 valence electrons. The molecule has 4 aliphatic heterocycles. The zero-order valence-corrected chi connectivity index (χ0v) is 19.9. The van der Waals surface area contributed by atoms with E-state index in [9.17, 15) is 0 Å². The predicted octanol–water partition coefficient (Wildman–Crippen LogP) is 1.45. The number of benzene rings is 1. The van der Waals surface area contributed by atoms with Gasteiger partial charge in [0.25, 0.3) is 0 Å². The Labute approximate surface area is 191 Å². The quantitative estimate of drug-likeness (QED) is 0.340. The summed E-state index contributed by atoms with van der Waals surface area (Å²) < 4.78 is 11.7. The monoisotopic (exact) mass is 515 g/mol. The SMILES string of the molecule is CN=C(NCc1ccc(C)cc1OC1CCOC1)NCC1CN2CCN1CC2.I. The van der Waals surface area contributed by atoms with E-state index in [-0.39, 0.29) is 30.1 Å². The van der Waals surface area contributed by atoms with Crippen molar-refractivity contribution in [2.75, 3.05) is 59.5 Å². The lowest BCUT2D eigenvalue weighted by Gasteiger charge is -2.47. The Morgan fingerprint density at radius 2 is 2.07 bits per heavy atom. The van der Waals surface area contributed by atoms with Crippen LogP contribution in [0.25, 0.3) is 0 Å². The Balaban J connectivity index is 0.00000240. The second-order valence-corrected chi connectivity index (χ2v) is 8.01. The molecule has 2 unspecified atom stereocenters. The first-order valence-corrected chi connectivity index (χ1v) is 10.5. The zero-order valence-electron chi connectivity index (χ0n) is 17.5. The minimum Gasteiger partial charge on any atom is -0.488 e. The third-order valence-corrected chi connectivity index (χ3v) is 5.97. The first kappa shape index (κ1) is 22.6. The topological polar surface area (TPSA) is 61.4 Å². The van der Waals surface area contributed by atoms with E-state index in [1.165, 1.54) is 31.7 Å². The summed E-state index contributed by atoms with van der Waals surface area (Å²) in [7, 11) is 1.83. The van der Waals surface area contributed by atoms with Gasteiger partial charge in [0.05, 0.1) is 13.2 Å². The van der Waals surface area contributed by atoms with Crippen LogP contribution < -0.4 is 15.4 Å². The fourth-order valence-corrected chi connectivity index (χ4v) is 4.24. The molecule has 0 amide bonds. The predicted molar refractivity (Wildman–Crippen MR) is 126 cm³/mol. The van der Waals surface area contributed by atoms with Crippen LogP contribution >= 0.6 is 24.0 Å². The lowest BCUT2D eigenvalue weighted by Crippen LogP contribution is -2.63. The minimum atomic E-state index is 0. The van der Waals surface area contributed by atoms with Crippen molar-refractivity contribution in [2.45, 2.75) is 32.0 Å². The summed E-state index contributed by atoms with van der Waals surface area (Å²) in [5.41, 5.74) is 2.35. The van der Waals surface area contributed by atoms with Crippen LogP contribution in [0.3, 0.4) is 0 Å². The molecule has 1 aromatic rings. The van der Waals surface area contributed by atoms with Gasteiger partial charge in [0.1, 0.15) is 11.9 Å². The third-order valence-electron chi connectivity index (χ3n) is 5.97. The number of nitrogens with zero attached hydrogens (tertiary/aromatic N) is 3. The Bertz CT molecular complexity index is 688. The number of guanidine groups is 1. The van der Waals surface area contributed by atoms with Crippen LogP contribution in [0, 0.1) is 6.92 Å². The van der Waals surface area contributed by atoms with Crippen LogP contribution in [-0.2, 0) is 11.3 Å². The molecule has 0 spiro atoms. The average Bonchev–Trinajstić information content (AvgIpc) is 3.23. The molecule has 4 heterocycles. The molecule has 5 rings (SSSR count). The van der Waals surface area contributed by atoms with Gasteiger partial charge in [-0.3, -0.25) is 14.8 Å². The minimum absolute atomic E-state index is 0. The van der Waals surface area contributed by atoms with E-state index >= 15 is 0 Å². The van der Waals surface area contributed by atoms with Gasteiger partial charge in [0.15, 0.2) is 5.96 Å². The highest BCUT2D eigenvalue weighted by Gasteiger charge is 2.31. The second kappa shape index (κ2) is 10.8. The smallest absolute Gasteiger partial charge is 0.191 e. The molecule has 7 nitrogen and oxygen atoms in total. The molecule has 0 radical (unpaired) electrons.